The van der Waals surface area contributed by atoms with Gasteiger partial charge in [0.1, 0.15) is 5.82 Å². The van der Waals surface area contributed by atoms with Crippen LogP contribution < -0.4 is 5.73 Å². The molecule has 0 saturated heterocycles. The van der Waals surface area contributed by atoms with Crippen molar-refractivity contribution >= 4 is 15.9 Å². The van der Waals surface area contributed by atoms with Crippen molar-refractivity contribution in [2.45, 2.75) is 19.4 Å². The molecule has 3 heteroatoms. The summed E-state index contributed by atoms with van der Waals surface area (Å²) in [6.45, 7) is 5.69. The molecule has 1 nitrogen and oxygen atoms in total. The number of halogens is 2. The lowest BCUT2D eigenvalue weighted by Gasteiger charge is -2.12. The Labute approximate surface area is 91.9 Å². The molecule has 0 amide bonds. The summed E-state index contributed by atoms with van der Waals surface area (Å²) in [7, 11) is 0. The van der Waals surface area contributed by atoms with Gasteiger partial charge in [0.25, 0.3) is 0 Å². The highest BCUT2D eigenvalue weighted by Gasteiger charge is 2.08. The van der Waals surface area contributed by atoms with Gasteiger partial charge in [0.15, 0.2) is 0 Å². The van der Waals surface area contributed by atoms with Crippen LogP contribution >= 0.6 is 15.9 Å². The first-order valence-electron chi connectivity index (χ1n) is 4.35. The number of rotatable bonds is 3. The van der Waals surface area contributed by atoms with Gasteiger partial charge in [0.05, 0.1) is 4.47 Å². The summed E-state index contributed by atoms with van der Waals surface area (Å²) < 4.78 is 13.6. The Bertz CT molecular complexity index is 349. The fourth-order valence-corrected chi connectivity index (χ4v) is 1.48. The first kappa shape index (κ1) is 11.4. The van der Waals surface area contributed by atoms with E-state index in [0.29, 0.717) is 10.9 Å². The highest BCUT2D eigenvalue weighted by molar-refractivity contribution is 9.10. The summed E-state index contributed by atoms with van der Waals surface area (Å²) in [5, 5.41) is 0. The second kappa shape index (κ2) is 4.71. The molecule has 0 saturated carbocycles. The molecule has 0 fully saturated rings. The van der Waals surface area contributed by atoms with Crippen molar-refractivity contribution in [1.82, 2.24) is 0 Å². The minimum atomic E-state index is -0.278. The van der Waals surface area contributed by atoms with Crippen molar-refractivity contribution in [3.8, 4) is 0 Å². The first-order valence-corrected chi connectivity index (χ1v) is 5.15. The molecule has 2 N–H and O–H groups in total. The van der Waals surface area contributed by atoms with E-state index in [1.165, 1.54) is 6.07 Å². The van der Waals surface area contributed by atoms with Crippen molar-refractivity contribution in [3.05, 3.63) is 46.2 Å². The smallest absolute Gasteiger partial charge is 0.137 e. The van der Waals surface area contributed by atoms with Crippen LogP contribution in [0.3, 0.4) is 0 Å². The highest BCUT2D eigenvalue weighted by Crippen LogP contribution is 2.22. The van der Waals surface area contributed by atoms with Gasteiger partial charge in [-0.1, -0.05) is 11.6 Å². The summed E-state index contributed by atoms with van der Waals surface area (Å²) in [6.07, 6.45) is 0.682. The third-order valence-electron chi connectivity index (χ3n) is 1.94. The summed E-state index contributed by atoms with van der Waals surface area (Å²) in [4.78, 5) is 0. The van der Waals surface area contributed by atoms with Crippen molar-refractivity contribution in [2.75, 3.05) is 0 Å². The Hall–Kier alpha value is -0.670. The van der Waals surface area contributed by atoms with E-state index < -0.39 is 0 Å². The lowest BCUT2D eigenvalue weighted by atomic mass is 10.0. The van der Waals surface area contributed by atoms with Crippen molar-refractivity contribution in [2.24, 2.45) is 5.73 Å². The molecule has 0 radical (unpaired) electrons. The van der Waals surface area contributed by atoms with E-state index in [1.54, 1.807) is 6.07 Å². The normalized spacial score (nSPS) is 12.6. The predicted octanol–water partition coefficient (Wildman–Crippen LogP) is 3.55. The predicted molar refractivity (Wildman–Crippen MR) is 60.5 cm³/mol. The van der Waals surface area contributed by atoms with Gasteiger partial charge in [-0.25, -0.2) is 4.39 Å². The van der Waals surface area contributed by atoms with Gasteiger partial charge in [0.2, 0.25) is 0 Å². The molecule has 0 aliphatic carbocycles. The van der Waals surface area contributed by atoms with Crippen LogP contribution in [0.25, 0.3) is 0 Å². The van der Waals surface area contributed by atoms with Crippen LogP contribution in [-0.2, 0) is 0 Å². The maximum Gasteiger partial charge on any atom is 0.137 e. The van der Waals surface area contributed by atoms with Gasteiger partial charge in [-0.05, 0) is 47.0 Å². The van der Waals surface area contributed by atoms with E-state index in [-0.39, 0.29) is 11.9 Å². The fourth-order valence-electron chi connectivity index (χ4n) is 1.24. The summed E-state index contributed by atoms with van der Waals surface area (Å²) in [5.74, 6) is -0.278. The summed E-state index contributed by atoms with van der Waals surface area (Å²) in [5.41, 5.74) is 7.67. The van der Waals surface area contributed by atoms with Gasteiger partial charge in [-0.2, -0.15) is 0 Å². The van der Waals surface area contributed by atoms with Gasteiger partial charge >= 0.3 is 0 Å². The van der Waals surface area contributed by atoms with Crippen molar-refractivity contribution in [3.63, 3.8) is 0 Å². The lowest BCUT2D eigenvalue weighted by molar-refractivity contribution is 0.612. The minimum absolute atomic E-state index is 0.171. The topological polar surface area (TPSA) is 26.0 Å². The molecule has 76 valence electrons. The fraction of sp³-hybridized carbons (Fsp3) is 0.273. The molecule has 0 heterocycles. The summed E-state index contributed by atoms with van der Waals surface area (Å²) >= 11 is 3.10. The standard InChI is InChI=1S/C11H13BrFN/c1-7(2)5-11(14)8-3-4-9(12)10(13)6-8/h3-4,6,11H,1,5,14H2,2H3/t11-/m0/s1. The molecule has 14 heavy (non-hydrogen) atoms. The van der Waals surface area contributed by atoms with Crippen molar-refractivity contribution < 1.29 is 4.39 Å². The highest BCUT2D eigenvalue weighted by atomic mass is 79.9. The Morgan fingerprint density at radius 1 is 1.64 bits per heavy atom. The average Bonchev–Trinajstić information content (AvgIpc) is 2.08. The van der Waals surface area contributed by atoms with Gasteiger partial charge in [0, 0.05) is 6.04 Å². The molecule has 0 spiro atoms. The summed E-state index contributed by atoms with van der Waals surface area (Å²) in [6, 6.07) is 4.77. The van der Waals surface area contributed by atoms with E-state index in [9.17, 15) is 4.39 Å². The minimum Gasteiger partial charge on any atom is -0.324 e. The van der Waals surface area contributed by atoms with Crippen molar-refractivity contribution in [1.29, 1.82) is 0 Å². The van der Waals surface area contributed by atoms with Crippen LogP contribution in [-0.4, -0.2) is 0 Å². The number of hydrogen-bond acceptors (Lipinski definition) is 1. The lowest BCUT2D eigenvalue weighted by Crippen LogP contribution is -2.10. The zero-order valence-electron chi connectivity index (χ0n) is 8.06. The van der Waals surface area contributed by atoms with Gasteiger partial charge in [-0.3, -0.25) is 0 Å². The van der Waals surface area contributed by atoms with E-state index in [2.05, 4.69) is 22.5 Å². The molecule has 1 aromatic rings. The number of nitrogens with two attached hydrogens (primary N) is 1. The van der Waals surface area contributed by atoms with E-state index in [0.717, 1.165) is 11.1 Å². The molecule has 0 aromatic heterocycles. The van der Waals surface area contributed by atoms with Crippen LogP contribution in [0.1, 0.15) is 24.9 Å². The molecular formula is C11H13BrFN. The van der Waals surface area contributed by atoms with E-state index in [4.69, 9.17) is 5.73 Å². The Balaban J connectivity index is 2.85. The third kappa shape index (κ3) is 2.93. The van der Waals surface area contributed by atoms with Crippen LogP contribution in [0.2, 0.25) is 0 Å². The maximum atomic E-state index is 13.2. The average molecular weight is 258 g/mol. The van der Waals surface area contributed by atoms with Gasteiger partial charge in [-0.15, -0.1) is 6.58 Å². The second-order valence-electron chi connectivity index (χ2n) is 3.44. The second-order valence-corrected chi connectivity index (χ2v) is 4.30. The maximum absolute atomic E-state index is 13.2. The largest absolute Gasteiger partial charge is 0.324 e. The molecular weight excluding hydrogens is 245 g/mol. The quantitative estimate of drug-likeness (QED) is 0.824. The molecule has 1 atom stereocenters. The third-order valence-corrected chi connectivity index (χ3v) is 2.58. The van der Waals surface area contributed by atoms with Crippen LogP contribution in [0.4, 0.5) is 4.39 Å². The zero-order chi connectivity index (χ0) is 10.7. The monoisotopic (exact) mass is 257 g/mol. The van der Waals surface area contributed by atoms with E-state index in [1.807, 2.05) is 13.0 Å². The molecule has 0 aliphatic rings. The Morgan fingerprint density at radius 2 is 2.29 bits per heavy atom. The number of hydrogen-bond donors (Lipinski definition) is 1. The zero-order valence-corrected chi connectivity index (χ0v) is 9.64. The Kier molecular flexibility index (Phi) is 3.84. The first-order chi connectivity index (χ1) is 6.50. The Morgan fingerprint density at radius 3 is 2.79 bits per heavy atom. The molecule has 1 aromatic carbocycles. The number of benzene rings is 1. The van der Waals surface area contributed by atoms with Crippen LogP contribution in [0, 0.1) is 5.82 Å². The van der Waals surface area contributed by atoms with Gasteiger partial charge < -0.3 is 5.73 Å². The molecule has 0 bridgehead atoms. The van der Waals surface area contributed by atoms with Crippen LogP contribution in [0.15, 0.2) is 34.8 Å². The molecule has 0 aliphatic heterocycles. The molecule has 1 rings (SSSR count). The SMILES string of the molecule is C=C(C)C[C@H](N)c1ccc(Br)c(F)c1. The van der Waals surface area contributed by atoms with Crippen LogP contribution in [0.5, 0.6) is 0 Å². The molecule has 0 unspecified atom stereocenters. The van der Waals surface area contributed by atoms with E-state index >= 15 is 0 Å².